The summed E-state index contributed by atoms with van der Waals surface area (Å²) in [5.41, 5.74) is 1.88. The second kappa shape index (κ2) is 6.64. The molecular formula is C18H17FN2O4S. The van der Waals surface area contributed by atoms with Gasteiger partial charge in [0.25, 0.3) is 0 Å². The Hall–Kier alpha value is -1.97. The molecule has 0 saturated carbocycles. The third kappa shape index (κ3) is 2.80. The highest BCUT2D eigenvalue weighted by atomic mass is 32.1. The molecule has 0 bridgehead atoms. The van der Waals surface area contributed by atoms with Crippen LogP contribution < -0.4 is 0 Å². The van der Waals surface area contributed by atoms with Crippen molar-refractivity contribution in [2.24, 2.45) is 0 Å². The molecule has 0 spiro atoms. The van der Waals surface area contributed by atoms with Gasteiger partial charge in [0.05, 0.1) is 10.4 Å². The zero-order valence-electron chi connectivity index (χ0n) is 13.8. The number of aliphatic hydroxyl groups excluding tert-OH is 3. The Balaban J connectivity index is 1.65. The molecule has 8 heteroatoms. The lowest BCUT2D eigenvalue weighted by Crippen LogP contribution is -2.34. The highest BCUT2D eigenvalue weighted by Crippen LogP contribution is 2.43. The number of hydrogen-bond acceptors (Lipinski definition) is 7. The fourth-order valence-corrected chi connectivity index (χ4v) is 4.36. The summed E-state index contributed by atoms with van der Waals surface area (Å²) < 4.78 is 18.9. The van der Waals surface area contributed by atoms with Gasteiger partial charge in [0.15, 0.2) is 0 Å². The molecule has 1 aromatic carbocycles. The van der Waals surface area contributed by atoms with Crippen molar-refractivity contribution < 1.29 is 24.4 Å². The molecule has 1 aliphatic heterocycles. The van der Waals surface area contributed by atoms with E-state index in [4.69, 9.17) is 4.74 Å². The van der Waals surface area contributed by atoms with Crippen molar-refractivity contribution in [1.82, 2.24) is 9.97 Å². The van der Waals surface area contributed by atoms with Crippen molar-refractivity contribution in [3.05, 3.63) is 57.9 Å². The number of aryl methyl sites for hydroxylation is 1. The standard InChI is InChI=1S/C18H17FN2O4S/c1-8-11-6-26-18(12(11)21-7-20-8)17-15(24)14(23)16(25-17)13(22)9-2-4-10(19)5-3-9/h2-7,13-17,22-24H,1H3. The highest BCUT2D eigenvalue weighted by molar-refractivity contribution is 7.11. The van der Waals surface area contributed by atoms with E-state index < -0.39 is 36.3 Å². The number of ether oxygens (including phenoxy) is 1. The summed E-state index contributed by atoms with van der Waals surface area (Å²) in [5, 5.41) is 34.2. The van der Waals surface area contributed by atoms with Crippen molar-refractivity contribution >= 4 is 22.2 Å². The average molecular weight is 376 g/mol. The van der Waals surface area contributed by atoms with Crippen molar-refractivity contribution in [2.45, 2.75) is 37.4 Å². The molecule has 4 rings (SSSR count). The third-order valence-electron chi connectivity index (χ3n) is 4.70. The molecule has 3 N–H and O–H groups in total. The molecule has 2 aromatic heterocycles. The number of hydrogen-bond donors (Lipinski definition) is 3. The van der Waals surface area contributed by atoms with E-state index in [9.17, 15) is 19.7 Å². The molecule has 1 fully saturated rings. The number of thiophene rings is 1. The smallest absolute Gasteiger partial charge is 0.123 e. The van der Waals surface area contributed by atoms with Crippen LogP contribution in [0, 0.1) is 12.7 Å². The minimum absolute atomic E-state index is 0.400. The molecule has 5 unspecified atom stereocenters. The van der Waals surface area contributed by atoms with E-state index in [-0.39, 0.29) is 0 Å². The Bertz CT molecular complexity index is 933. The number of aromatic nitrogens is 2. The van der Waals surface area contributed by atoms with Crippen LogP contribution in [0.3, 0.4) is 0 Å². The fourth-order valence-electron chi connectivity index (χ4n) is 3.23. The van der Waals surface area contributed by atoms with Crippen molar-refractivity contribution in [3.8, 4) is 0 Å². The summed E-state index contributed by atoms with van der Waals surface area (Å²) in [4.78, 5) is 9.08. The number of nitrogens with zero attached hydrogens (tertiary/aromatic N) is 2. The predicted molar refractivity (Wildman–Crippen MR) is 93.1 cm³/mol. The van der Waals surface area contributed by atoms with Crippen molar-refractivity contribution in [2.75, 3.05) is 0 Å². The zero-order chi connectivity index (χ0) is 18.4. The number of aliphatic hydroxyl groups is 3. The lowest BCUT2D eigenvalue weighted by atomic mass is 9.98. The topological polar surface area (TPSA) is 95.7 Å². The predicted octanol–water partition coefficient (Wildman–Crippen LogP) is 2.03. The van der Waals surface area contributed by atoms with Crippen LogP contribution in [0.2, 0.25) is 0 Å². The maximum atomic E-state index is 13.1. The summed E-state index contributed by atoms with van der Waals surface area (Å²) in [6.45, 7) is 1.86. The first kappa shape index (κ1) is 17.4. The van der Waals surface area contributed by atoms with E-state index in [1.54, 1.807) is 0 Å². The first-order valence-corrected chi connectivity index (χ1v) is 8.99. The molecule has 5 atom stereocenters. The van der Waals surface area contributed by atoms with Gasteiger partial charge in [-0.15, -0.1) is 11.3 Å². The number of benzene rings is 1. The van der Waals surface area contributed by atoms with E-state index >= 15 is 0 Å². The van der Waals surface area contributed by atoms with Crippen LogP contribution in [0.15, 0.2) is 36.0 Å². The van der Waals surface area contributed by atoms with E-state index in [2.05, 4.69) is 9.97 Å². The van der Waals surface area contributed by atoms with Crippen molar-refractivity contribution in [3.63, 3.8) is 0 Å². The lowest BCUT2D eigenvalue weighted by Gasteiger charge is -2.21. The molecule has 0 aliphatic carbocycles. The third-order valence-corrected chi connectivity index (χ3v) is 5.73. The highest BCUT2D eigenvalue weighted by Gasteiger charge is 2.48. The lowest BCUT2D eigenvalue weighted by molar-refractivity contribution is -0.0668. The van der Waals surface area contributed by atoms with Gasteiger partial charge in [0, 0.05) is 16.5 Å². The Morgan fingerprint density at radius 3 is 2.62 bits per heavy atom. The van der Waals surface area contributed by atoms with Gasteiger partial charge in [-0.1, -0.05) is 12.1 Å². The normalized spacial score (nSPS) is 27.1. The van der Waals surface area contributed by atoms with E-state index in [1.165, 1.54) is 41.9 Å². The molecule has 0 radical (unpaired) electrons. The minimum Gasteiger partial charge on any atom is -0.387 e. The number of fused-ring (bicyclic) bond motifs is 1. The summed E-state index contributed by atoms with van der Waals surface area (Å²) >= 11 is 1.36. The van der Waals surface area contributed by atoms with E-state index in [0.29, 0.717) is 16.0 Å². The van der Waals surface area contributed by atoms with Crippen LogP contribution in [0.5, 0.6) is 0 Å². The van der Waals surface area contributed by atoms with Gasteiger partial charge in [0.2, 0.25) is 0 Å². The minimum atomic E-state index is -1.29. The van der Waals surface area contributed by atoms with Crippen molar-refractivity contribution in [1.29, 1.82) is 0 Å². The number of rotatable bonds is 3. The van der Waals surface area contributed by atoms with Gasteiger partial charge in [-0.2, -0.15) is 0 Å². The first-order chi connectivity index (χ1) is 12.5. The second-order valence-electron chi connectivity index (χ2n) is 6.32. The molecule has 1 aliphatic rings. The van der Waals surface area contributed by atoms with Gasteiger partial charge >= 0.3 is 0 Å². The maximum absolute atomic E-state index is 13.1. The van der Waals surface area contributed by atoms with E-state index in [0.717, 1.165) is 11.1 Å². The van der Waals surface area contributed by atoms with Gasteiger partial charge < -0.3 is 20.1 Å². The van der Waals surface area contributed by atoms with E-state index in [1.807, 2.05) is 12.3 Å². The molecular weight excluding hydrogens is 359 g/mol. The maximum Gasteiger partial charge on any atom is 0.123 e. The fraction of sp³-hybridized carbons (Fsp3) is 0.333. The Labute approximate surface area is 152 Å². The van der Waals surface area contributed by atoms with Gasteiger partial charge in [-0.25, -0.2) is 14.4 Å². The van der Waals surface area contributed by atoms with Gasteiger partial charge in [0.1, 0.15) is 42.7 Å². The summed E-state index contributed by atoms with van der Waals surface area (Å²) in [6.07, 6.45) is -4.13. The Morgan fingerprint density at radius 2 is 1.88 bits per heavy atom. The van der Waals surface area contributed by atoms with Crippen LogP contribution in [0.25, 0.3) is 10.9 Å². The SMILES string of the molecule is Cc1ncnc2c(C3OC(C(O)c4ccc(F)cc4)C(O)C3O)scc12. The van der Waals surface area contributed by atoms with Crippen LogP contribution >= 0.6 is 11.3 Å². The summed E-state index contributed by atoms with van der Waals surface area (Å²) in [6, 6.07) is 5.29. The first-order valence-electron chi connectivity index (χ1n) is 8.11. The largest absolute Gasteiger partial charge is 0.387 e. The molecule has 6 nitrogen and oxygen atoms in total. The number of halogens is 1. The van der Waals surface area contributed by atoms with Crippen LogP contribution in [0.4, 0.5) is 4.39 Å². The molecule has 0 amide bonds. The molecule has 1 saturated heterocycles. The molecule has 26 heavy (non-hydrogen) atoms. The van der Waals surface area contributed by atoms with Gasteiger partial charge in [-0.3, -0.25) is 0 Å². The summed E-state index contributed by atoms with van der Waals surface area (Å²) in [7, 11) is 0. The monoisotopic (exact) mass is 376 g/mol. The molecule has 136 valence electrons. The quantitative estimate of drug-likeness (QED) is 0.647. The van der Waals surface area contributed by atoms with Gasteiger partial charge in [-0.05, 0) is 24.6 Å². The van der Waals surface area contributed by atoms with Crippen LogP contribution in [0.1, 0.15) is 28.3 Å². The van der Waals surface area contributed by atoms with Crippen LogP contribution in [-0.2, 0) is 4.74 Å². The average Bonchev–Trinajstić information content (AvgIpc) is 3.18. The second-order valence-corrected chi connectivity index (χ2v) is 7.23. The molecule has 3 aromatic rings. The summed E-state index contributed by atoms with van der Waals surface area (Å²) in [5.74, 6) is -0.424. The van der Waals surface area contributed by atoms with Crippen LogP contribution in [-0.4, -0.2) is 43.6 Å². The zero-order valence-corrected chi connectivity index (χ0v) is 14.6. The molecule has 3 heterocycles. The Morgan fingerprint density at radius 1 is 1.15 bits per heavy atom. The Kier molecular flexibility index (Phi) is 4.45.